The Morgan fingerprint density at radius 2 is 2.50 bits per heavy atom. The van der Waals surface area contributed by atoms with Crippen LogP contribution in [0, 0.1) is 0 Å². The smallest absolute Gasteiger partial charge is 0.248 e. The number of epoxide rings is 1. The van der Waals surface area contributed by atoms with Gasteiger partial charge in [0.2, 0.25) is 5.91 Å². The quantitative estimate of drug-likeness (QED) is 0.411. The van der Waals surface area contributed by atoms with Crippen molar-refractivity contribution in [2.45, 2.75) is 6.10 Å². The van der Waals surface area contributed by atoms with Crippen molar-refractivity contribution in [3.63, 3.8) is 0 Å². The highest BCUT2D eigenvalue weighted by atomic mass is 16.6. The summed E-state index contributed by atoms with van der Waals surface area (Å²) in [6.45, 7) is 0.523. The monoisotopic (exact) mass is 87.0 g/mol. The highest BCUT2D eigenvalue weighted by Crippen LogP contribution is 2.05. The lowest BCUT2D eigenvalue weighted by atomic mass is 10.5. The van der Waals surface area contributed by atoms with Crippen LogP contribution < -0.4 is 5.73 Å². The summed E-state index contributed by atoms with van der Waals surface area (Å²) < 4.78 is 4.50. The van der Waals surface area contributed by atoms with Crippen LogP contribution in [0.5, 0.6) is 0 Å². The molecule has 0 aromatic heterocycles. The molecule has 1 saturated heterocycles. The number of amides is 1. The van der Waals surface area contributed by atoms with Crippen molar-refractivity contribution < 1.29 is 9.53 Å². The Kier molecular flexibility index (Phi) is 0.569. The fourth-order valence-electron chi connectivity index (χ4n) is 0.212. The van der Waals surface area contributed by atoms with E-state index in [-0.39, 0.29) is 12.0 Å². The van der Waals surface area contributed by atoms with Gasteiger partial charge in [-0.1, -0.05) is 0 Å². The molecule has 0 aliphatic carbocycles. The van der Waals surface area contributed by atoms with Crippen molar-refractivity contribution >= 4 is 5.91 Å². The van der Waals surface area contributed by atoms with Crippen LogP contribution in [0.25, 0.3) is 0 Å². The SMILES string of the molecule is NC(=O)[C@H]1CO1. The van der Waals surface area contributed by atoms with Crippen molar-refractivity contribution in [2.75, 3.05) is 6.61 Å². The number of rotatable bonds is 1. The summed E-state index contributed by atoms with van der Waals surface area (Å²) in [6, 6.07) is 0. The Bertz CT molecular complexity index is 76.9. The van der Waals surface area contributed by atoms with Crippen molar-refractivity contribution in [3.05, 3.63) is 0 Å². The third kappa shape index (κ3) is 0.490. The lowest BCUT2D eigenvalue weighted by Gasteiger charge is -1.73. The zero-order chi connectivity index (χ0) is 4.57. The lowest BCUT2D eigenvalue weighted by molar-refractivity contribution is -0.119. The molecule has 2 N–H and O–H groups in total. The van der Waals surface area contributed by atoms with Crippen LogP contribution in [0.2, 0.25) is 0 Å². The first-order valence-electron chi connectivity index (χ1n) is 1.71. The number of ether oxygens (including phenoxy) is 1. The Labute approximate surface area is 35.1 Å². The summed E-state index contributed by atoms with van der Waals surface area (Å²) in [6.07, 6.45) is -0.259. The fraction of sp³-hybridized carbons (Fsp3) is 0.667. The van der Waals surface area contributed by atoms with E-state index in [1.54, 1.807) is 0 Å². The van der Waals surface area contributed by atoms with Gasteiger partial charge in [-0.2, -0.15) is 0 Å². The molecule has 0 aromatic rings. The van der Waals surface area contributed by atoms with Gasteiger partial charge in [0.25, 0.3) is 0 Å². The minimum absolute atomic E-state index is 0.259. The van der Waals surface area contributed by atoms with E-state index in [1.165, 1.54) is 0 Å². The second-order valence-electron chi connectivity index (χ2n) is 1.22. The maximum atomic E-state index is 9.86. The molecule has 1 heterocycles. The summed E-state index contributed by atoms with van der Waals surface area (Å²) in [7, 11) is 0. The Morgan fingerprint density at radius 1 is 2.00 bits per heavy atom. The van der Waals surface area contributed by atoms with Gasteiger partial charge in [-0.25, -0.2) is 0 Å². The number of nitrogens with two attached hydrogens (primary N) is 1. The molecule has 0 unspecified atom stereocenters. The molecule has 1 fully saturated rings. The van der Waals surface area contributed by atoms with Gasteiger partial charge in [0.05, 0.1) is 6.61 Å². The van der Waals surface area contributed by atoms with E-state index in [9.17, 15) is 4.79 Å². The molecule has 34 valence electrons. The van der Waals surface area contributed by atoms with Crippen LogP contribution in [0.3, 0.4) is 0 Å². The zero-order valence-electron chi connectivity index (χ0n) is 3.18. The van der Waals surface area contributed by atoms with E-state index >= 15 is 0 Å². The molecule has 0 radical (unpaired) electrons. The number of hydrogen-bond donors (Lipinski definition) is 1. The first-order chi connectivity index (χ1) is 2.80. The predicted molar refractivity (Wildman–Crippen MR) is 18.9 cm³/mol. The fourth-order valence-corrected chi connectivity index (χ4v) is 0.212. The molecule has 0 bridgehead atoms. The van der Waals surface area contributed by atoms with Crippen LogP contribution in [0.15, 0.2) is 0 Å². The van der Waals surface area contributed by atoms with Gasteiger partial charge in [0, 0.05) is 0 Å². The normalized spacial score (nSPS) is 29.7. The molecule has 3 nitrogen and oxygen atoms in total. The second kappa shape index (κ2) is 0.944. The molecule has 1 aliphatic rings. The molecular formula is C3H5NO2. The summed E-state index contributed by atoms with van der Waals surface area (Å²) >= 11 is 0. The van der Waals surface area contributed by atoms with Crippen LogP contribution in [0.1, 0.15) is 0 Å². The van der Waals surface area contributed by atoms with Crippen molar-refractivity contribution in [3.8, 4) is 0 Å². The van der Waals surface area contributed by atoms with Gasteiger partial charge in [-0.15, -0.1) is 0 Å². The van der Waals surface area contributed by atoms with Crippen molar-refractivity contribution in [1.29, 1.82) is 0 Å². The van der Waals surface area contributed by atoms with Crippen molar-refractivity contribution in [2.24, 2.45) is 5.73 Å². The molecule has 1 rings (SSSR count). The number of primary amides is 1. The minimum atomic E-state index is -0.352. The zero-order valence-corrected chi connectivity index (χ0v) is 3.18. The summed E-state index contributed by atoms with van der Waals surface area (Å²) in [5, 5.41) is 0. The van der Waals surface area contributed by atoms with Gasteiger partial charge in [-0.3, -0.25) is 4.79 Å². The highest BCUT2D eigenvalue weighted by Gasteiger charge is 2.28. The molecule has 6 heavy (non-hydrogen) atoms. The maximum absolute atomic E-state index is 9.86. The topological polar surface area (TPSA) is 55.6 Å². The summed E-state index contributed by atoms with van der Waals surface area (Å²) in [4.78, 5) is 9.86. The van der Waals surface area contributed by atoms with E-state index in [0.29, 0.717) is 6.61 Å². The van der Waals surface area contributed by atoms with E-state index in [1.807, 2.05) is 0 Å². The Hall–Kier alpha value is -0.570. The van der Waals surface area contributed by atoms with Crippen LogP contribution in [0.4, 0.5) is 0 Å². The third-order valence-corrected chi connectivity index (χ3v) is 0.651. The lowest BCUT2D eigenvalue weighted by Crippen LogP contribution is -2.17. The van der Waals surface area contributed by atoms with Gasteiger partial charge in [0.15, 0.2) is 6.10 Å². The summed E-state index contributed by atoms with van der Waals surface area (Å²) in [5.74, 6) is -0.352. The van der Waals surface area contributed by atoms with E-state index in [2.05, 4.69) is 4.74 Å². The van der Waals surface area contributed by atoms with E-state index in [4.69, 9.17) is 5.73 Å². The van der Waals surface area contributed by atoms with Gasteiger partial charge in [-0.05, 0) is 0 Å². The molecular weight excluding hydrogens is 82.0 g/mol. The number of carbonyl (C=O) groups is 1. The Morgan fingerprint density at radius 3 is 2.50 bits per heavy atom. The molecule has 0 spiro atoms. The highest BCUT2D eigenvalue weighted by molar-refractivity contribution is 5.80. The van der Waals surface area contributed by atoms with E-state index < -0.39 is 0 Å². The maximum Gasteiger partial charge on any atom is 0.248 e. The largest absolute Gasteiger partial charge is 0.367 e. The molecule has 3 heteroatoms. The van der Waals surface area contributed by atoms with Gasteiger partial charge < -0.3 is 10.5 Å². The predicted octanol–water partition coefficient (Wildman–Crippen LogP) is -1.13. The minimum Gasteiger partial charge on any atom is -0.367 e. The van der Waals surface area contributed by atoms with E-state index in [0.717, 1.165) is 0 Å². The molecule has 0 saturated carbocycles. The van der Waals surface area contributed by atoms with Gasteiger partial charge in [0.1, 0.15) is 0 Å². The average molecular weight is 87.1 g/mol. The summed E-state index contributed by atoms with van der Waals surface area (Å²) in [5.41, 5.74) is 4.73. The van der Waals surface area contributed by atoms with Crippen LogP contribution in [-0.4, -0.2) is 18.6 Å². The molecule has 1 atom stereocenters. The van der Waals surface area contributed by atoms with Crippen LogP contribution >= 0.6 is 0 Å². The molecule has 0 aromatic carbocycles. The first kappa shape index (κ1) is 3.61. The Balaban J connectivity index is 2.31. The van der Waals surface area contributed by atoms with Crippen LogP contribution in [-0.2, 0) is 9.53 Å². The third-order valence-electron chi connectivity index (χ3n) is 0.651. The van der Waals surface area contributed by atoms with Gasteiger partial charge >= 0.3 is 0 Å². The second-order valence-corrected chi connectivity index (χ2v) is 1.22. The molecule has 1 amide bonds. The van der Waals surface area contributed by atoms with Crippen molar-refractivity contribution in [1.82, 2.24) is 0 Å². The standard InChI is InChI=1S/C3H5NO2/c4-3(5)2-1-6-2/h2H,1H2,(H2,4,5)/t2-/m1/s1. The average Bonchev–Trinajstić information content (AvgIpc) is 2.06. The number of hydrogen-bond acceptors (Lipinski definition) is 2. The molecule has 1 aliphatic heterocycles. The number of carbonyl (C=O) groups excluding carboxylic acids is 1. The first-order valence-corrected chi connectivity index (χ1v) is 1.71.